The number of rotatable bonds is 2. The van der Waals surface area contributed by atoms with Gasteiger partial charge in [-0.25, -0.2) is 0 Å². The second-order valence-electron chi connectivity index (χ2n) is 4.24. The van der Waals surface area contributed by atoms with Crippen LogP contribution in [0.1, 0.15) is 5.56 Å². The van der Waals surface area contributed by atoms with Gasteiger partial charge in [-0.05, 0) is 24.3 Å². The van der Waals surface area contributed by atoms with E-state index in [1.807, 2.05) is 6.07 Å². The van der Waals surface area contributed by atoms with Crippen LogP contribution >= 0.6 is 0 Å². The van der Waals surface area contributed by atoms with Crippen LogP contribution in [0.4, 0.5) is 0 Å². The Balaban J connectivity index is 2.02. The quantitative estimate of drug-likeness (QED) is 0.768. The maximum absolute atomic E-state index is 12.1. The van der Waals surface area contributed by atoms with Gasteiger partial charge in [0.2, 0.25) is 0 Å². The molecule has 0 spiro atoms. The summed E-state index contributed by atoms with van der Waals surface area (Å²) in [5.41, 5.74) is 1.44. The first-order valence-electron chi connectivity index (χ1n) is 6.16. The van der Waals surface area contributed by atoms with Crippen molar-refractivity contribution in [2.75, 3.05) is 0 Å². The smallest absolute Gasteiger partial charge is 0.265 e. The predicted molar refractivity (Wildman–Crippen MR) is 76.0 cm³/mol. The summed E-state index contributed by atoms with van der Waals surface area (Å²) in [6, 6.07) is 13.9. The van der Waals surface area contributed by atoms with Gasteiger partial charge in [-0.3, -0.25) is 14.9 Å². The van der Waals surface area contributed by atoms with Crippen molar-refractivity contribution >= 4 is 0 Å². The van der Waals surface area contributed by atoms with Crippen LogP contribution < -0.4 is 5.56 Å². The minimum absolute atomic E-state index is 0.208. The van der Waals surface area contributed by atoms with Gasteiger partial charge in [-0.2, -0.15) is 15.3 Å². The van der Waals surface area contributed by atoms with Gasteiger partial charge >= 0.3 is 0 Å². The molecule has 1 aromatic carbocycles. The first-order valence-corrected chi connectivity index (χ1v) is 6.16. The summed E-state index contributed by atoms with van der Waals surface area (Å²) >= 11 is 0. The monoisotopic (exact) mass is 275 g/mol. The summed E-state index contributed by atoms with van der Waals surface area (Å²) in [6.07, 6.45) is 1.61. The van der Waals surface area contributed by atoms with Crippen LogP contribution in [0.5, 0.6) is 0 Å². The topological polar surface area (TPSA) is 95.3 Å². The summed E-state index contributed by atoms with van der Waals surface area (Å²) in [6.45, 7) is 0. The second-order valence-corrected chi connectivity index (χ2v) is 4.24. The molecule has 0 aliphatic rings. The Hall–Kier alpha value is -3.33. The number of nitrogens with one attached hydrogen (secondary N) is 1. The first-order chi connectivity index (χ1) is 10.3. The van der Waals surface area contributed by atoms with Crippen molar-refractivity contribution in [1.82, 2.24) is 20.2 Å². The van der Waals surface area contributed by atoms with Crippen LogP contribution in [0.2, 0.25) is 0 Å². The molecule has 1 N–H and O–H groups in total. The van der Waals surface area contributed by atoms with Crippen LogP contribution in [0.15, 0.2) is 53.5 Å². The van der Waals surface area contributed by atoms with Crippen molar-refractivity contribution < 1.29 is 0 Å². The molecule has 6 heteroatoms. The number of hydrogen-bond donors (Lipinski definition) is 1. The van der Waals surface area contributed by atoms with Gasteiger partial charge in [-0.15, -0.1) is 0 Å². The molecule has 3 aromatic rings. The Kier molecular flexibility index (Phi) is 3.23. The number of aromatic amines is 1. The molecule has 2 heterocycles. The number of nitriles is 1. The number of hydrogen-bond acceptors (Lipinski definition) is 5. The van der Waals surface area contributed by atoms with E-state index in [4.69, 9.17) is 5.26 Å². The highest BCUT2D eigenvalue weighted by Crippen LogP contribution is 2.14. The number of pyridine rings is 1. The Bertz CT molecular complexity index is 863. The highest BCUT2D eigenvalue weighted by atomic mass is 16.1. The summed E-state index contributed by atoms with van der Waals surface area (Å²) in [5.74, 6) is 0.318. The van der Waals surface area contributed by atoms with E-state index < -0.39 is 5.56 Å². The molecule has 0 saturated heterocycles. The Labute approximate surface area is 119 Å². The van der Waals surface area contributed by atoms with Crippen molar-refractivity contribution in [3.8, 4) is 28.8 Å². The van der Waals surface area contributed by atoms with Crippen molar-refractivity contribution in [2.24, 2.45) is 0 Å². The molecule has 6 nitrogen and oxygen atoms in total. The van der Waals surface area contributed by atoms with E-state index in [1.165, 1.54) is 0 Å². The van der Waals surface area contributed by atoms with Crippen molar-refractivity contribution in [1.29, 1.82) is 5.26 Å². The van der Waals surface area contributed by atoms with Crippen LogP contribution in [0.3, 0.4) is 0 Å². The molecule has 0 fully saturated rings. The predicted octanol–water partition coefficient (Wildman–Crippen LogP) is 1.77. The van der Waals surface area contributed by atoms with E-state index in [2.05, 4.69) is 20.2 Å². The third-order valence-electron chi connectivity index (χ3n) is 2.88. The van der Waals surface area contributed by atoms with Gasteiger partial charge in [-0.1, -0.05) is 18.2 Å². The maximum Gasteiger partial charge on any atom is 0.300 e. The van der Waals surface area contributed by atoms with Gasteiger partial charge in [0.1, 0.15) is 5.69 Å². The zero-order chi connectivity index (χ0) is 14.7. The fraction of sp³-hybridized carbons (Fsp3) is 0. The highest BCUT2D eigenvalue weighted by Gasteiger charge is 2.09. The summed E-state index contributed by atoms with van der Waals surface area (Å²) in [4.78, 5) is 20.1. The normalized spacial score (nSPS) is 10.0. The first kappa shape index (κ1) is 12.7. The molecule has 0 bridgehead atoms. The average Bonchev–Trinajstić information content (AvgIpc) is 2.56. The van der Waals surface area contributed by atoms with Crippen molar-refractivity contribution in [2.45, 2.75) is 0 Å². The number of aromatic nitrogens is 4. The lowest BCUT2D eigenvalue weighted by molar-refractivity contribution is 0.954. The summed E-state index contributed by atoms with van der Waals surface area (Å²) in [5, 5.41) is 15.6. The fourth-order valence-corrected chi connectivity index (χ4v) is 1.84. The number of nitrogens with zero attached hydrogens (tertiary/aromatic N) is 4. The minimum atomic E-state index is -0.445. The maximum atomic E-state index is 12.1. The summed E-state index contributed by atoms with van der Waals surface area (Å²) in [7, 11) is 0. The summed E-state index contributed by atoms with van der Waals surface area (Å²) < 4.78 is 0. The van der Waals surface area contributed by atoms with E-state index in [1.54, 1.807) is 48.7 Å². The van der Waals surface area contributed by atoms with E-state index in [-0.39, 0.29) is 5.69 Å². The number of benzene rings is 1. The molecule has 2 aromatic heterocycles. The molecular weight excluding hydrogens is 266 g/mol. The van der Waals surface area contributed by atoms with Crippen LogP contribution in [-0.2, 0) is 0 Å². The Morgan fingerprint density at radius 2 is 1.90 bits per heavy atom. The third kappa shape index (κ3) is 2.53. The van der Waals surface area contributed by atoms with E-state index in [0.29, 0.717) is 22.6 Å². The van der Waals surface area contributed by atoms with Gasteiger partial charge in [0, 0.05) is 11.8 Å². The minimum Gasteiger partial charge on any atom is -0.265 e. The fourth-order valence-electron chi connectivity index (χ4n) is 1.84. The van der Waals surface area contributed by atoms with Crippen LogP contribution in [0.25, 0.3) is 22.8 Å². The largest absolute Gasteiger partial charge is 0.300 e. The lowest BCUT2D eigenvalue weighted by Gasteiger charge is -2.02. The number of H-pyrrole nitrogens is 1. The highest BCUT2D eigenvalue weighted by molar-refractivity contribution is 5.59. The standard InChI is InChI=1S/C15H9N5O/c16-9-10-4-6-11(7-5-10)13-15(21)18-14(20-19-13)12-3-1-2-8-17-12/h1-8H,(H,18,20,21). The molecule has 0 aliphatic carbocycles. The SMILES string of the molecule is N#Cc1ccc(-c2n[nH]c(-c3ccccn3)nc2=O)cc1. The molecular formula is C15H9N5O. The van der Waals surface area contributed by atoms with Gasteiger partial charge < -0.3 is 0 Å². The lowest BCUT2D eigenvalue weighted by Crippen LogP contribution is -2.14. The van der Waals surface area contributed by atoms with E-state index >= 15 is 0 Å². The van der Waals surface area contributed by atoms with Gasteiger partial charge in [0.15, 0.2) is 11.5 Å². The lowest BCUT2D eigenvalue weighted by atomic mass is 10.1. The molecule has 0 saturated carbocycles. The second kappa shape index (κ2) is 5.35. The molecule has 0 atom stereocenters. The molecule has 100 valence electrons. The Morgan fingerprint density at radius 1 is 1.10 bits per heavy atom. The third-order valence-corrected chi connectivity index (χ3v) is 2.88. The molecule has 3 rings (SSSR count). The van der Waals surface area contributed by atoms with Crippen molar-refractivity contribution in [3.63, 3.8) is 0 Å². The van der Waals surface area contributed by atoms with E-state index in [0.717, 1.165) is 0 Å². The molecule has 0 radical (unpaired) electrons. The molecule has 0 aliphatic heterocycles. The average molecular weight is 275 g/mol. The Morgan fingerprint density at radius 3 is 2.52 bits per heavy atom. The zero-order valence-electron chi connectivity index (χ0n) is 10.8. The van der Waals surface area contributed by atoms with Gasteiger partial charge in [0.25, 0.3) is 5.56 Å². The van der Waals surface area contributed by atoms with E-state index in [9.17, 15) is 4.79 Å². The molecule has 0 unspecified atom stereocenters. The van der Waals surface area contributed by atoms with Crippen molar-refractivity contribution in [3.05, 3.63) is 64.6 Å². The zero-order valence-corrected chi connectivity index (χ0v) is 10.8. The van der Waals surface area contributed by atoms with Crippen LogP contribution in [0, 0.1) is 11.3 Å². The van der Waals surface area contributed by atoms with Crippen LogP contribution in [-0.4, -0.2) is 20.2 Å². The van der Waals surface area contributed by atoms with Gasteiger partial charge in [0.05, 0.1) is 11.6 Å². The molecule has 21 heavy (non-hydrogen) atoms. The molecule has 0 amide bonds.